The second-order valence-electron chi connectivity index (χ2n) is 17.5. The van der Waals surface area contributed by atoms with Gasteiger partial charge in [-0.15, -0.1) is 0 Å². The van der Waals surface area contributed by atoms with Crippen molar-refractivity contribution in [2.45, 2.75) is 63.6 Å². The number of hydrogen-bond donors (Lipinski definition) is 1. The van der Waals surface area contributed by atoms with Gasteiger partial charge in [-0.1, -0.05) is 37.6 Å². The van der Waals surface area contributed by atoms with Crippen LogP contribution in [0.15, 0.2) is 72.9 Å². The number of aldehydes is 1. The molecule has 5 heterocycles. The number of benzene rings is 3. The second-order valence-corrected chi connectivity index (χ2v) is 18.0. The number of imide groups is 1. The summed E-state index contributed by atoms with van der Waals surface area (Å²) in [6.45, 7) is 13.2. The fourth-order valence-electron chi connectivity index (χ4n) is 9.37. The molecule has 0 saturated carbocycles. The van der Waals surface area contributed by atoms with E-state index in [9.17, 15) is 24.4 Å². The van der Waals surface area contributed by atoms with Crippen LogP contribution in [0.3, 0.4) is 0 Å². The standard InChI is InChI=1S/C48H54ClN9O5/c1-48(2,35-23-33(27-50)24-36(49)25-35)34-6-9-40(10-7-34)63-31-37-12-15-52-47(53-37)57-20-18-56(19-21-57)39-29-54(30-39)28-32-13-16-55(17-14-32)38-8-11-41-42(26-38)46(62)58(45(41)61)43(5-4-22-59)44(60)51-3/h6-12,15,22-26,32,39,43H,4-5,13-14,16-21,28-31H2,1-3H3,(H,51,60). The van der Waals surface area contributed by atoms with Crippen molar-refractivity contribution >= 4 is 47.2 Å². The number of hydrogen-bond acceptors (Lipinski definition) is 12. The highest BCUT2D eigenvalue weighted by Crippen LogP contribution is 2.35. The summed E-state index contributed by atoms with van der Waals surface area (Å²) in [6.07, 6.45) is 4.75. The van der Waals surface area contributed by atoms with Crippen LogP contribution in [0, 0.1) is 17.2 Å². The fraction of sp³-hybridized carbons (Fsp3) is 0.438. The molecular weight excluding hydrogens is 818 g/mol. The van der Waals surface area contributed by atoms with Crippen molar-refractivity contribution in [3.05, 3.63) is 111 Å². The number of carbonyl (C=O) groups is 4. The number of aromatic nitrogens is 2. The summed E-state index contributed by atoms with van der Waals surface area (Å²) >= 11 is 6.31. The molecule has 0 radical (unpaired) electrons. The third kappa shape index (κ3) is 9.42. The van der Waals surface area contributed by atoms with E-state index in [4.69, 9.17) is 21.3 Å². The topological polar surface area (TPSA) is 155 Å². The molecule has 1 aromatic heterocycles. The van der Waals surface area contributed by atoms with Crippen LogP contribution >= 0.6 is 11.6 Å². The maximum absolute atomic E-state index is 13.4. The lowest BCUT2D eigenvalue weighted by molar-refractivity contribution is -0.124. The molecule has 0 aliphatic carbocycles. The third-order valence-electron chi connectivity index (χ3n) is 13.3. The Labute approximate surface area is 373 Å². The van der Waals surface area contributed by atoms with Gasteiger partial charge in [0.05, 0.1) is 28.5 Å². The van der Waals surface area contributed by atoms with Crippen molar-refractivity contribution < 1.29 is 23.9 Å². The molecule has 4 aromatic rings. The van der Waals surface area contributed by atoms with Crippen LogP contribution in [0.5, 0.6) is 5.75 Å². The van der Waals surface area contributed by atoms with Crippen molar-refractivity contribution in [2.75, 3.05) is 75.8 Å². The van der Waals surface area contributed by atoms with Gasteiger partial charge in [-0.05, 0) is 90.9 Å². The number of rotatable bonds is 15. The molecule has 1 unspecified atom stereocenters. The Morgan fingerprint density at radius 2 is 1.67 bits per heavy atom. The molecule has 3 fully saturated rings. The molecule has 4 aliphatic rings. The maximum atomic E-state index is 13.4. The number of piperidine rings is 1. The average molecular weight is 872 g/mol. The molecule has 0 bridgehead atoms. The minimum absolute atomic E-state index is 0.0735. The summed E-state index contributed by atoms with van der Waals surface area (Å²) in [5.41, 5.74) is 4.59. The highest BCUT2D eigenvalue weighted by Gasteiger charge is 2.43. The molecular formula is C48H54ClN9O5. The van der Waals surface area contributed by atoms with E-state index in [0.717, 1.165) is 111 Å². The molecule has 3 amide bonds. The Morgan fingerprint density at radius 3 is 2.37 bits per heavy atom. The highest BCUT2D eigenvalue weighted by molar-refractivity contribution is 6.30. The van der Waals surface area contributed by atoms with E-state index in [0.29, 0.717) is 46.6 Å². The Bertz CT molecular complexity index is 2380. The first kappa shape index (κ1) is 43.8. The number of ether oxygens (including phenoxy) is 1. The van der Waals surface area contributed by atoms with Crippen LogP contribution in [0.2, 0.25) is 5.02 Å². The monoisotopic (exact) mass is 871 g/mol. The zero-order chi connectivity index (χ0) is 44.3. The number of amides is 3. The van der Waals surface area contributed by atoms with Crippen LogP contribution in [0.25, 0.3) is 0 Å². The number of nitrogens with zero attached hydrogens (tertiary/aromatic N) is 8. The Morgan fingerprint density at radius 1 is 0.937 bits per heavy atom. The van der Waals surface area contributed by atoms with E-state index >= 15 is 0 Å². The number of fused-ring (bicyclic) bond motifs is 1. The molecule has 63 heavy (non-hydrogen) atoms. The normalized spacial score (nSPS) is 18.2. The lowest BCUT2D eigenvalue weighted by Gasteiger charge is -2.49. The van der Waals surface area contributed by atoms with Gasteiger partial charge < -0.3 is 24.6 Å². The van der Waals surface area contributed by atoms with Gasteiger partial charge in [-0.3, -0.25) is 29.1 Å². The van der Waals surface area contributed by atoms with Gasteiger partial charge in [0.1, 0.15) is 24.7 Å². The predicted molar refractivity (Wildman–Crippen MR) is 240 cm³/mol. The number of piperazine rings is 1. The van der Waals surface area contributed by atoms with Crippen molar-refractivity contribution in [3.63, 3.8) is 0 Å². The first-order valence-electron chi connectivity index (χ1n) is 21.9. The van der Waals surface area contributed by atoms with Crippen LogP contribution < -0.4 is 19.9 Å². The Hall–Kier alpha value is -5.88. The van der Waals surface area contributed by atoms with Gasteiger partial charge >= 0.3 is 0 Å². The number of nitrogens with one attached hydrogen (secondary N) is 1. The average Bonchev–Trinajstić information content (AvgIpc) is 3.54. The zero-order valence-electron chi connectivity index (χ0n) is 36.1. The number of likely N-dealkylation sites (N-methyl/N-ethyl adjacent to an activating group) is 1. The number of likely N-dealkylation sites (tertiary alicyclic amines) is 1. The van der Waals surface area contributed by atoms with Gasteiger partial charge in [0.25, 0.3) is 11.8 Å². The van der Waals surface area contributed by atoms with E-state index in [1.807, 2.05) is 36.4 Å². The van der Waals surface area contributed by atoms with Crippen LogP contribution in [-0.4, -0.2) is 127 Å². The summed E-state index contributed by atoms with van der Waals surface area (Å²) in [4.78, 5) is 70.5. The van der Waals surface area contributed by atoms with Crippen molar-refractivity contribution in [1.29, 1.82) is 5.26 Å². The van der Waals surface area contributed by atoms with Gasteiger partial charge in [0.15, 0.2) is 0 Å². The van der Waals surface area contributed by atoms with E-state index in [1.165, 1.54) is 7.05 Å². The molecule has 3 aromatic carbocycles. The molecule has 14 nitrogen and oxygen atoms in total. The molecule has 8 rings (SSSR count). The minimum atomic E-state index is -1.03. The summed E-state index contributed by atoms with van der Waals surface area (Å²) in [7, 11) is 1.46. The van der Waals surface area contributed by atoms with Crippen molar-refractivity contribution in [3.8, 4) is 11.8 Å². The second kappa shape index (κ2) is 18.8. The first-order chi connectivity index (χ1) is 30.4. The number of nitriles is 1. The minimum Gasteiger partial charge on any atom is -0.487 e. The SMILES string of the molecule is CNC(=O)C(CCC=O)N1C(=O)c2ccc(N3CCC(CN4CC(N5CCN(c6nccc(COc7ccc(C(C)(C)c8cc(Cl)cc(C#N)c8)cc7)n6)CC5)C4)CC3)cc2C1=O. The van der Waals surface area contributed by atoms with E-state index in [-0.39, 0.29) is 18.3 Å². The molecule has 3 saturated heterocycles. The van der Waals surface area contributed by atoms with Crippen molar-refractivity contribution in [2.24, 2.45) is 5.92 Å². The zero-order valence-corrected chi connectivity index (χ0v) is 36.9. The third-order valence-corrected chi connectivity index (χ3v) is 13.5. The van der Waals surface area contributed by atoms with Gasteiger partial charge in [-0.2, -0.15) is 5.26 Å². The van der Waals surface area contributed by atoms with Gasteiger partial charge in [0.2, 0.25) is 11.9 Å². The fourth-order valence-corrected chi connectivity index (χ4v) is 9.60. The number of halogens is 1. The molecule has 328 valence electrons. The summed E-state index contributed by atoms with van der Waals surface area (Å²) in [5, 5.41) is 12.5. The van der Waals surface area contributed by atoms with E-state index < -0.39 is 23.8 Å². The predicted octanol–water partition coefficient (Wildman–Crippen LogP) is 5.32. The van der Waals surface area contributed by atoms with Crippen LogP contribution in [0.1, 0.15) is 82.6 Å². The van der Waals surface area contributed by atoms with Crippen molar-refractivity contribution in [1.82, 2.24) is 30.0 Å². The molecule has 0 spiro atoms. The number of carbonyl (C=O) groups excluding carboxylic acids is 4. The van der Waals surface area contributed by atoms with E-state index in [1.54, 1.807) is 24.4 Å². The highest BCUT2D eigenvalue weighted by atomic mass is 35.5. The first-order valence-corrected chi connectivity index (χ1v) is 22.2. The smallest absolute Gasteiger partial charge is 0.262 e. The summed E-state index contributed by atoms with van der Waals surface area (Å²) < 4.78 is 6.14. The lowest BCUT2D eigenvalue weighted by atomic mass is 9.78. The molecule has 1 atom stereocenters. The molecule has 15 heteroatoms. The largest absolute Gasteiger partial charge is 0.487 e. The van der Waals surface area contributed by atoms with Gasteiger partial charge in [-0.25, -0.2) is 9.97 Å². The Balaban J connectivity index is 0.759. The molecule has 1 N–H and O–H groups in total. The summed E-state index contributed by atoms with van der Waals surface area (Å²) in [6, 6.07) is 22.5. The van der Waals surface area contributed by atoms with E-state index in [2.05, 4.69) is 61.9 Å². The quantitative estimate of drug-likeness (QED) is 0.122. The van der Waals surface area contributed by atoms with Gasteiger partial charge in [0, 0.05) is 101 Å². The number of anilines is 2. The lowest BCUT2D eigenvalue weighted by Crippen LogP contribution is -2.63. The van der Waals surface area contributed by atoms with Crippen LogP contribution in [-0.2, 0) is 21.6 Å². The van der Waals surface area contributed by atoms with Crippen LogP contribution in [0.4, 0.5) is 11.6 Å². The Kier molecular flexibility index (Phi) is 13.1. The maximum Gasteiger partial charge on any atom is 0.262 e. The molecule has 4 aliphatic heterocycles. The summed E-state index contributed by atoms with van der Waals surface area (Å²) in [5.74, 6) is 0.627.